The molecule has 0 spiro atoms. The maximum Gasteiger partial charge on any atom is 0.220 e. The fourth-order valence-electron chi connectivity index (χ4n) is 2.06. The summed E-state index contributed by atoms with van der Waals surface area (Å²) in [6.45, 7) is 2.48. The number of hydrogen-bond donors (Lipinski definition) is 1. The molecule has 3 aromatic heterocycles. The summed E-state index contributed by atoms with van der Waals surface area (Å²) in [5, 5.41) is 17.1. The predicted octanol–water partition coefficient (Wildman–Crippen LogP) is 2.95. The van der Waals surface area contributed by atoms with Gasteiger partial charge >= 0.3 is 0 Å². The van der Waals surface area contributed by atoms with Gasteiger partial charge < -0.3 is 5.32 Å². The van der Waals surface area contributed by atoms with E-state index in [0.29, 0.717) is 13.0 Å². The van der Waals surface area contributed by atoms with Crippen LogP contribution in [0.3, 0.4) is 0 Å². The van der Waals surface area contributed by atoms with Crippen molar-refractivity contribution in [2.24, 2.45) is 0 Å². The van der Waals surface area contributed by atoms with E-state index in [4.69, 9.17) is 0 Å². The van der Waals surface area contributed by atoms with Gasteiger partial charge in [0.25, 0.3) is 0 Å². The largest absolute Gasteiger partial charge is 0.350 e. The van der Waals surface area contributed by atoms with Crippen LogP contribution in [0, 0.1) is 6.92 Å². The van der Waals surface area contributed by atoms with Gasteiger partial charge in [0.1, 0.15) is 5.69 Å². The lowest BCUT2D eigenvalue weighted by molar-refractivity contribution is -0.121. The van der Waals surface area contributed by atoms with Crippen LogP contribution in [0.15, 0.2) is 34.5 Å². The third-order valence-corrected chi connectivity index (χ3v) is 5.08. The van der Waals surface area contributed by atoms with Gasteiger partial charge in [-0.3, -0.25) is 4.79 Å². The molecule has 7 heteroatoms. The van der Waals surface area contributed by atoms with Crippen molar-refractivity contribution in [2.75, 3.05) is 0 Å². The number of carbonyl (C=O) groups is 1. The van der Waals surface area contributed by atoms with Gasteiger partial charge in [-0.15, -0.1) is 16.4 Å². The SMILES string of the molecule is Cc1ccsc1CCC(=O)NCc1cn(-c2ccsc2)nn1. The van der Waals surface area contributed by atoms with E-state index in [1.54, 1.807) is 27.4 Å². The average molecular weight is 332 g/mol. The number of rotatable bonds is 6. The standard InChI is InChI=1S/C15H16N4OS2/c1-11-4-7-22-14(11)2-3-15(20)16-8-12-9-19(18-17-12)13-5-6-21-10-13/h4-7,9-10H,2-3,8H2,1H3,(H,16,20). The van der Waals surface area contributed by atoms with Crippen LogP contribution in [0.2, 0.25) is 0 Å². The van der Waals surface area contributed by atoms with Gasteiger partial charge in [0.2, 0.25) is 5.91 Å². The van der Waals surface area contributed by atoms with E-state index in [1.165, 1.54) is 10.4 Å². The smallest absolute Gasteiger partial charge is 0.220 e. The zero-order valence-corrected chi connectivity index (χ0v) is 13.8. The third-order valence-electron chi connectivity index (χ3n) is 3.33. The van der Waals surface area contributed by atoms with Crippen LogP contribution in [-0.2, 0) is 17.8 Å². The van der Waals surface area contributed by atoms with Crippen LogP contribution in [0.25, 0.3) is 5.69 Å². The highest BCUT2D eigenvalue weighted by Gasteiger charge is 2.07. The molecule has 3 heterocycles. The van der Waals surface area contributed by atoms with E-state index in [2.05, 4.69) is 34.0 Å². The minimum absolute atomic E-state index is 0.0397. The molecule has 0 saturated heterocycles. The van der Waals surface area contributed by atoms with E-state index in [-0.39, 0.29) is 5.91 Å². The molecule has 0 bridgehead atoms. The van der Waals surface area contributed by atoms with Crippen molar-refractivity contribution in [1.82, 2.24) is 20.3 Å². The van der Waals surface area contributed by atoms with Gasteiger partial charge in [-0.1, -0.05) is 5.21 Å². The Labute approximate surface area is 136 Å². The highest BCUT2D eigenvalue weighted by Crippen LogP contribution is 2.17. The zero-order chi connectivity index (χ0) is 15.4. The molecule has 0 radical (unpaired) electrons. The summed E-state index contributed by atoms with van der Waals surface area (Å²) in [4.78, 5) is 13.2. The quantitative estimate of drug-likeness (QED) is 0.755. The van der Waals surface area contributed by atoms with Crippen LogP contribution >= 0.6 is 22.7 Å². The van der Waals surface area contributed by atoms with Crippen molar-refractivity contribution in [3.05, 3.63) is 50.6 Å². The summed E-state index contributed by atoms with van der Waals surface area (Å²) in [5.74, 6) is 0.0397. The molecule has 0 unspecified atom stereocenters. The molecule has 0 aromatic carbocycles. The predicted molar refractivity (Wildman–Crippen MR) is 88.5 cm³/mol. The molecule has 0 atom stereocenters. The number of hydrogen-bond acceptors (Lipinski definition) is 5. The van der Waals surface area contributed by atoms with E-state index < -0.39 is 0 Å². The minimum Gasteiger partial charge on any atom is -0.350 e. The molecule has 0 aliphatic carbocycles. The zero-order valence-electron chi connectivity index (χ0n) is 12.2. The van der Waals surface area contributed by atoms with Crippen molar-refractivity contribution >= 4 is 28.6 Å². The maximum absolute atomic E-state index is 11.9. The van der Waals surface area contributed by atoms with Crippen molar-refractivity contribution in [3.8, 4) is 5.69 Å². The average Bonchev–Trinajstić information content (AvgIpc) is 3.24. The van der Waals surface area contributed by atoms with Crippen molar-refractivity contribution in [2.45, 2.75) is 26.3 Å². The van der Waals surface area contributed by atoms with Crippen LogP contribution in [-0.4, -0.2) is 20.9 Å². The van der Waals surface area contributed by atoms with Gasteiger partial charge in [0, 0.05) is 16.7 Å². The molecule has 1 N–H and O–H groups in total. The van der Waals surface area contributed by atoms with Gasteiger partial charge in [-0.25, -0.2) is 4.68 Å². The molecule has 0 fully saturated rings. The summed E-state index contributed by atoms with van der Waals surface area (Å²) in [6.07, 6.45) is 3.13. The van der Waals surface area contributed by atoms with Crippen molar-refractivity contribution in [1.29, 1.82) is 0 Å². The maximum atomic E-state index is 11.9. The lowest BCUT2D eigenvalue weighted by atomic mass is 10.2. The number of carbonyl (C=O) groups excluding carboxylic acids is 1. The highest BCUT2D eigenvalue weighted by molar-refractivity contribution is 7.10. The second kappa shape index (κ2) is 6.85. The summed E-state index contributed by atoms with van der Waals surface area (Å²) >= 11 is 3.31. The first-order valence-electron chi connectivity index (χ1n) is 6.96. The molecule has 3 rings (SSSR count). The number of amides is 1. The van der Waals surface area contributed by atoms with Crippen LogP contribution < -0.4 is 5.32 Å². The van der Waals surface area contributed by atoms with Crippen molar-refractivity contribution in [3.63, 3.8) is 0 Å². The topological polar surface area (TPSA) is 59.8 Å². The summed E-state index contributed by atoms with van der Waals surface area (Å²) in [6, 6.07) is 4.06. The fraction of sp³-hybridized carbons (Fsp3) is 0.267. The number of aryl methyl sites for hydroxylation is 2. The second-order valence-corrected chi connectivity index (χ2v) is 6.72. The Balaban J connectivity index is 1.48. The highest BCUT2D eigenvalue weighted by atomic mass is 32.1. The Hall–Kier alpha value is -1.99. The first kappa shape index (κ1) is 14.9. The number of nitrogens with zero attached hydrogens (tertiary/aromatic N) is 3. The van der Waals surface area contributed by atoms with Gasteiger partial charge in [-0.05, 0) is 41.8 Å². The van der Waals surface area contributed by atoms with Crippen molar-refractivity contribution < 1.29 is 4.79 Å². The molecule has 22 heavy (non-hydrogen) atoms. The summed E-state index contributed by atoms with van der Waals surface area (Å²) < 4.78 is 1.72. The Morgan fingerprint density at radius 1 is 1.36 bits per heavy atom. The number of aromatic nitrogens is 3. The monoisotopic (exact) mass is 332 g/mol. The van der Waals surface area contributed by atoms with Gasteiger partial charge in [-0.2, -0.15) is 11.3 Å². The molecule has 0 aliphatic rings. The first-order valence-corrected chi connectivity index (χ1v) is 8.78. The molecule has 0 aliphatic heterocycles. The number of nitrogens with one attached hydrogen (secondary N) is 1. The number of thiophene rings is 2. The van der Waals surface area contributed by atoms with E-state index >= 15 is 0 Å². The first-order chi connectivity index (χ1) is 10.7. The van der Waals surface area contributed by atoms with Gasteiger partial charge in [0.05, 0.1) is 18.4 Å². The Bertz CT molecular complexity index is 745. The van der Waals surface area contributed by atoms with E-state index in [9.17, 15) is 4.79 Å². The molecule has 5 nitrogen and oxygen atoms in total. The summed E-state index contributed by atoms with van der Waals surface area (Å²) in [5.41, 5.74) is 3.01. The molecule has 3 aromatic rings. The normalized spacial score (nSPS) is 10.8. The van der Waals surface area contributed by atoms with Crippen LogP contribution in [0.4, 0.5) is 0 Å². The molecule has 0 saturated carbocycles. The Kier molecular flexibility index (Phi) is 4.65. The molecular formula is C15H16N4OS2. The fourth-order valence-corrected chi connectivity index (χ4v) is 3.59. The molecular weight excluding hydrogens is 316 g/mol. The van der Waals surface area contributed by atoms with Crippen LogP contribution in [0.1, 0.15) is 22.6 Å². The van der Waals surface area contributed by atoms with E-state index in [1.807, 2.05) is 23.0 Å². The lowest BCUT2D eigenvalue weighted by Crippen LogP contribution is -2.23. The second-order valence-electron chi connectivity index (χ2n) is 4.94. The van der Waals surface area contributed by atoms with Crippen LogP contribution in [0.5, 0.6) is 0 Å². The molecule has 1 amide bonds. The third kappa shape index (κ3) is 3.61. The van der Waals surface area contributed by atoms with E-state index in [0.717, 1.165) is 17.8 Å². The van der Waals surface area contributed by atoms with Gasteiger partial charge in [0.15, 0.2) is 0 Å². The lowest BCUT2D eigenvalue weighted by Gasteiger charge is -2.02. The molecule has 114 valence electrons. The Morgan fingerprint density at radius 2 is 2.27 bits per heavy atom. The minimum atomic E-state index is 0.0397. The summed E-state index contributed by atoms with van der Waals surface area (Å²) in [7, 11) is 0. The Morgan fingerprint density at radius 3 is 3.00 bits per heavy atom.